The fraction of sp³-hybridized carbons (Fsp3) is 0.400. The predicted octanol–water partition coefficient (Wildman–Crippen LogP) is 4.26. The van der Waals surface area contributed by atoms with Crippen molar-refractivity contribution >= 4 is 29.2 Å². The Kier molecular flexibility index (Phi) is 7.31. The van der Waals surface area contributed by atoms with Crippen molar-refractivity contribution in [2.75, 3.05) is 36.9 Å². The van der Waals surface area contributed by atoms with Gasteiger partial charge in [-0.2, -0.15) is 0 Å². The van der Waals surface area contributed by atoms with E-state index >= 15 is 0 Å². The summed E-state index contributed by atoms with van der Waals surface area (Å²) >= 11 is 0. The van der Waals surface area contributed by atoms with E-state index in [0.717, 1.165) is 25.9 Å². The quantitative estimate of drug-likeness (QED) is 0.305. The predicted molar refractivity (Wildman–Crippen MR) is 175 cm³/mol. The molecule has 6 heterocycles. The van der Waals surface area contributed by atoms with Gasteiger partial charge in [0.25, 0.3) is 11.5 Å². The molecule has 2 aliphatic heterocycles. The van der Waals surface area contributed by atoms with Crippen LogP contribution < -0.4 is 15.8 Å². The zero-order chi connectivity index (χ0) is 32.3. The fourth-order valence-corrected chi connectivity index (χ4v) is 7.13. The van der Waals surface area contributed by atoms with E-state index in [0.29, 0.717) is 58.7 Å². The maximum atomic E-state index is 14.0. The molecule has 0 spiro atoms. The van der Waals surface area contributed by atoms with E-state index in [9.17, 15) is 14.4 Å². The summed E-state index contributed by atoms with van der Waals surface area (Å²) in [5, 5.41) is 3.20. The van der Waals surface area contributed by atoms with Gasteiger partial charge in [-0.25, -0.2) is 9.97 Å². The van der Waals surface area contributed by atoms with Gasteiger partial charge in [0.1, 0.15) is 29.6 Å². The van der Waals surface area contributed by atoms with E-state index in [1.165, 1.54) is 28.3 Å². The Bertz CT molecular complexity index is 1920. The van der Waals surface area contributed by atoms with Crippen molar-refractivity contribution in [3.8, 4) is 11.1 Å². The topological polar surface area (TPSA) is 115 Å². The second-order valence-corrected chi connectivity index (χ2v) is 13.6. The Balaban J connectivity index is 1.23. The molecule has 1 N–H and O–H groups in total. The van der Waals surface area contributed by atoms with Crippen LogP contribution in [0.4, 0.5) is 17.3 Å². The van der Waals surface area contributed by atoms with Crippen LogP contribution in [0.1, 0.15) is 59.6 Å². The lowest BCUT2D eigenvalue weighted by molar-refractivity contribution is -0.142. The average Bonchev–Trinajstić information content (AvgIpc) is 3.49. The first-order valence-corrected chi connectivity index (χ1v) is 15.7. The lowest BCUT2D eigenvalue weighted by Gasteiger charge is -2.36. The van der Waals surface area contributed by atoms with E-state index in [4.69, 9.17) is 4.74 Å². The first-order valence-electron chi connectivity index (χ1n) is 15.7. The Morgan fingerprint density at radius 2 is 1.87 bits per heavy atom. The van der Waals surface area contributed by atoms with Crippen LogP contribution in [0.3, 0.4) is 0 Å². The van der Waals surface area contributed by atoms with Crippen LogP contribution in [0.25, 0.3) is 11.1 Å². The minimum atomic E-state index is -0.440. The van der Waals surface area contributed by atoms with Crippen LogP contribution in [-0.2, 0) is 42.6 Å². The molecule has 1 aliphatic carbocycles. The summed E-state index contributed by atoms with van der Waals surface area (Å²) in [6.07, 6.45) is 7.15. The second kappa shape index (κ2) is 11.2. The number of likely N-dealkylation sites (tertiary alicyclic amines) is 1. The van der Waals surface area contributed by atoms with Crippen molar-refractivity contribution in [1.82, 2.24) is 24.0 Å². The highest BCUT2D eigenvalue weighted by molar-refractivity contribution is 6.06. The highest BCUT2D eigenvalue weighted by atomic mass is 16.5. The van der Waals surface area contributed by atoms with Crippen molar-refractivity contribution in [1.29, 1.82) is 0 Å². The molecule has 11 heteroatoms. The molecule has 4 aromatic rings. The van der Waals surface area contributed by atoms with Crippen molar-refractivity contribution in [3.05, 3.63) is 87.4 Å². The number of carbonyl (C=O) groups is 2. The zero-order valence-corrected chi connectivity index (χ0v) is 27.0. The van der Waals surface area contributed by atoms with Crippen molar-refractivity contribution < 1.29 is 14.3 Å². The maximum Gasteiger partial charge on any atom is 0.302 e. The van der Waals surface area contributed by atoms with Crippen molar-refractivity contribution in [2.45, 2.75) is 52.7 Å². The molecule has 0 aromatic carbocycles. The number of esters is 1. The van der Waals surface area contributed by atoms with E-state index < -0.39 is 5.97 Å². The highest BCUT2D eigenvalue weighted by Gasteiger charge is 2.37. The van der Waals surface area contributed by atoms with E-state index in [2.05, 4.69) is 51.7 Å². The molecule has 0 saturated carbocycles. The first kappa shape index (κ1) is 29.9. The number of carbonyl (C=O) groups excluding carboxylic acids is 2. The summed E-state index contributed by atoms with van der Waals surface area (Å²) in [7, 11) is 3.79. The Labute approximate surface area is 267 Å². The van der Waals surface area contributed by atoms with Gasteiger partial charge in [0.05, 0.1) is 0 Å². The number of likely N-dealkylation sites (N-methyl/N-ethyl adjacent to an activating group) is 1. The number of aromatic nitrogens is 4. The van der Waals surface area contributed by atoms with E-state index in [-0.39, 0.29) is 23.5 Å². The van der Waals surface area contributed by atoms with Crippen LogP contribution in [-0.4, -0.2) is 62.6 Å². The normalized spacial score (nSPS) is 17.4. The molecule has 0 bridgehead atoms. The summed E-state index contributed by atoms with van der Waals surface area (Å²) in [5.41, 5.74) is 6.67. The van der Waals surface area contributed by atoms with Crippen molar-refractivity contribution in [2.24, 2.45) is 12.5 Å². The number of hydrogen-bond acceptors (Lipinski definition) is 8. The molecule has 1 amide bonds. The minimum absolute atomic E-state index is 0.0751. The van der Waals surface area contributed by atoms with Gasteiger partial charge in [-0.3, -0.25) is 19.3 Å². The Morgan fingerprint density at radius 1 is 1.07 bits per heavy atom. The summed E-state index contributed by atoms with van der Waals surface area (Å²) < 4.78 is 9.18. The van der Waals surface area contributed by atoms with Gasteiger partial charge < -0.3 is 24.1 Å². The Hall–Kier alpha value is -4.77. The smallest absolute Gasteiger partial charge is 0.302 e. The van der Waals surface area contributed by atoms with Crippen LogP contribution >= 0.6 is 0 Å². The van der Waals surface area contributed by atoms with E-state index in [1.807, 2.05) is 24.4 Å². The number of ether oxygens (including phenoxy) is 1. The largest absolute Gasteiger partial charge is 0.461 e. The minimum Gasteiger partial charge on any atom is -0.461 e. The molecule has 0 unspecified atom stereocenters. The van der Waals surface area contributed by atoms with Crippen molar-refractivity contribution in [3.63, 3.8) is 0 Å². The molecule has 3 aliphatic rings. The summed E-state index contributed by atoms with van der Waals surface area (Å²) in [6, 6.07) is 9.57. The molecular weight excluding hydrogens is 582 g/mol. The standard InChI is InChI=1S/C35H39N7O4/c1-21(43)46-20-27-26(8-9-36-32(27)42-11-10-41-29(34(42)45)13-23-14-35(2,3)15-30(23)41)24-12-28(33(44)40(5)19-24)38-31-7-6-22(16-37-31)25-17-39(4)18-25/h6-9,12-13,16,19,25H,10-11,14-15,17-18,20H2,1-5H3,(H,37,38). The molecule has 7 rings (SSSR count). The number of pyridine rings is 3. The number of amides is 1. The highest BCUT2D eigenvalue weighted by Crippen LogP contribution is 2.40. The molecule has 4 aromatic heterocycles. The first-order chi connectivity index (χ1) is 22.0. The van der Waals surface area contributed by atoms with Crippen LogP contribution in [0.15, 0.2) is 53.7 Å². The molecule has 0 radical (unpaired) electrons. The number of nitrogens with one attached hydrogen (secondary N) is 1. The molecule has 1 fully saturated rings. The van der Waals surface area contributed by atoms with Crippen LogP contribution in [0.2, 0.25) is 0 Å². The summed E-state index contributed by atoms with van der Waals surface area (Å²) in [6.45, 7) is 8.91. The number of hydrogen-bond donors (Lipinski definition) is 1. The third-order valence-electron chi connectivity index (χ3n) is 9.41. The number of anilines is 3. The number of nitrogens with zero attached hydrogens (tertiary/aromatic N) is 6. The average molecular weight is 622 g/mol. The lowest BCUT2D eigenvalue weighted by atomic mass is 9.90. The maximum absolute atomic E-state index is 14.0. The van der Waals surface area contributed by atoms with Gasteiger partial charge in [0, 0.05) is 81.5 Å². The molecule has 1 saturated heterocycles. The van der Waals surface area contributed by atoms with Gasteiger partial charge in [0.15, 0.2) is 0 Å². The molecule has 238 valence electrons. The monoisotopic (exact) mass is 621 g/mol. The number of aryl methyl sites for hydroxylation is 1. The molecule has 0 atom stereocenters. The van der Waals surface area contributed by atoms with Crippen LogP contribution in [0.5, 0.6) is 0 Å². The number of rotatable bonds is 7. The molecular formula is C35H39N7O4. The summed E-state index contributed by atoms with van der Waals surface area (Å²) in [4.78, 5) is 52.4. The van der Waals surface area contributed by atoms with Gasteiger partial charge in [-0.05, 0) is 66.3 Å². The van der Waals surface area contributed by atoms with Gasteiger partial charge in [-0.1, -0.05) is 19.9 Å². The molecule has 46 heavy (non-hydrogen) atoms. The van der Waals surface area contributed by atoms with Gasteiger partial charge in [0.2, 0.25) is 0 Å². The second-order valence-electron chi connectivity index (χ2n) is 13.6. The van der Waals surface area contributed by atoms with Gasteiger partial charge >= 0.3 is 5.97 Å². The SMILES string of the molecule is CC(=O)OCc1c(-c2cc(Nc3ccc(C4CN(C)C4)cn3)c(=O)n(C)c2)ccnc1N1CCn2c(cc3c2CC(C)(C)C3)C1=O. The van der Waals surface area contributed by atoms with E-state index in [1.54, 1.807) is 30.4 Å². The third-order valence-corrected chi connectivity index (χ3v) is 9.41. The zero-order valence-electron chi connectivity index (χ0n) is 27.0. The number of fused-ring (bicyclic) bond motifs is 3. The van der Waals surface area contributed by atoms with Gasteiger partial charge in [-0.15, -0.1) is 0 Å². The Morgan fingerprint density at radius 3 is 2.59 bits per heavy atom. The molecule has 11 nitrogen and oxygen atoms in total. The summed E-state index contributed by atoms with van der Waals surface area (Å²) in [5.74, 6) is 0.920. The lowest BCUT2D eigenvalue weighted by Crippen LogP contribution is -2.41. The van der Waals surface area contributed by atoms with Crippen LogP contribution in [0, 0.1) is 5.41 Å². The fourth-order valence-electron chi connectivity index (χ4n) is 7.13. The third kappa shape index (κ3) is 5.38.